The van der Waals surface area contributed by atoms with Gasteiger partial charge in [-0.3, -0.25) is 9.88 Å². The minimum atomic E-state index is 0.0209. The maximum Gasteiger partial charge on any atom is 0.232 e. The topological polar surface area (TPSA) is 56.0 Å². The number of pyridine rings is 1. The van der Waals surface area contributed by atoms with Crippen molar-refractivity contribution in [2.75, 3.05) is 0 Å². The molecule has 2 aromatic heterocycles. The molecule has 1 unspecified atom stereocenters. The molecule has 5 aromatic carbocycles. The van der Waals surface area contributed by atoms with Crippen LogP contribution in [0.4, 0.5) is 0 Å². The first kappa shape index (κ1) is 26.4. The van der Waals surface area contributed by atoms with Gasteiger partial charge in [-0.1, -0.05) is 91.0 Å². The molecule has 0 fully saturated rings. The van der Waals surface area contributed by atoms with Gasteiger partial charge in [0, 0.05) is 51.2 Å². The van der Waals surface area contributed by atoms with Crippen molar-refractivity contribution < 1.29 is 10.1 Å². The molecule has 0 saturated heterocycles. The van der Waals surface area contributed by atoms with Gasteiger partial charge in [-0.25, -0.2) is 4.98 Å². The van der Waals surface area contributed by atoms with E-state index in [9.17, 15) is 0 Å². The number of ether oxygens (including phenoxy) is 1. The number of nitrogens with zero attached hydrogens (tertiary/aromatic N) is 3. The highest BCUT2D eigenvalue weighted by atomic mass is 16.5. The Labute approximate surface area is 266 Å². The summed E-state index contributed by atoms with van der Waals surface area (Å²) in [5.74, 6) is 2.64. The molecule has 2 aliphatic rings. The number of aromatic nitrogens is 2. The van der Waals surface area contributed by atoms with Crippen molar-refractivity contribution in [3.05, 3.63) is 175 Å². The molecule has 5 heteroatoms. The van der Waals surface area contributed by atoms with Gasteiger partial charge in [-0.15, -0.1) is 0 Å². The van der Waals surface area contributed by atoms with Crippen LogP contribution in [0.5, 0.6) is 11.5 Å². The quantitative estimate of drug-likeness (QED) is 0.222. The van der Waals surface area contributed by atoms with Crippen molar-refractivity contribution >= 4 is 22.6 Å². The third-order valence-electron chi connectivity index (χ3n) is 8.81. The summed E-state index contributed by atoms with van der Waals surface area (Å²) in [5, 5.41) is 3.36. The Morgan fingerprint density at radius 2 is 1.33 bits per heavy atom. The van der Waals surface area contributed by atoms with E-state index in [0.29, 0.717) is 0 Å². The van der Waals surface area contributed by atoms with Crippen molar-refractivity contribution in [1.82, 2.24) is 9.55 Å². The number of fused-ring (bicyclic) bond motifs is 7. The summed E-state index contributed by atoms with van der Waals surface area (Å²) in [4.78, 5) is 10.1. The van der Waals surface area contributed by atoms with Gasteiger partial charge in [0.2, 0.25) is 5.84 Å². The molecule has 0 radical (unpaired) electrons. The van der Waals surface area contributed by atoms with Crippen LogP contribution in [0.1, 0.15) is 22.7 Å². The van der Waals surface area contributed by atoms with Crippen LogP contribution in [-0.2, 0) is 0 Å². The Morgan fingerprint density at radius 3 is 2.13 bits per heavy atom. The normalized spacial score (nSPS) is 15.1. The molecule has 0 bridgehead atoms. The smallest absolute Gasteiger partial charge is 0.232 e. The predicted octanol–water partition coefficient (Wildman–Crippen LogP) is 8.57. The molecule has 46 heavy (non-hydrogen) atoms. The van der Waals surface area contributed by atoms with Crippen LogP contribution < -0.4 is 10.1 Å². The fraction of sp³-hybridized carbons (Fsp3) is 0.0244. The van der Waals surface area contributed by atoms with Gasteiger partial charge in [-0.05, 0) is 54.6 Å². The van der Waals surface area contributed by atoms with Gasteiger partial charge in [-0.2, -0.15) is 4.99 Å². The van der Waals surface area contributed by atoms with Gasteiger partial charge in [0.05, 0.1) is 17.0 Å². The van der Waals surface area contributed by atoms with Crippen molar-refractivity contribution in [3.8, 4) is 39.6 Å². The van der Waals surface area contributed by atoms with E-state index in [2.05, 4.69) is 119 Å². The Morgan fingerprint density at radius 1 is 0.630 bits per heavy atom. The average Bonchev–Trinajstić information content (AvgIpc) is 3.40. The molecule has 2 aliphatic heterocycles. The van der Waals surface area contributed by atoms with Gasteiger partial charge in [0.15, 0.2) is 0 Å². The highest BCUT2D eigenvalue weighted by Gasteiger charge is 2.30. The maximum absolute atomic E-state index is 6.55. The van der Waals surface area contributed by atoms with E-state index in [1.54, 1.807) is 0 Å². The fourth-order valence-corrected chi connectivity index (χ4v) is 6.72. The zero-order valence-corrected chi connectivity index (χ0v) is 24.9. The fourth-order valence-electron chi connectivity index (χ4n) is 6.72. The van der Waals surface area contributed by atoms with Crippen LogP contribution in [0.2, 0.25) is 0 Å². The summed E-state index contributed by atoms with van der Waals surface area (Å²) in [7, 11) is 0. The first-order valence-electron chi connectivity index (χ1n) is 15.5. The minimum absolute atomic E-state index is 0.0209. The molecule has 0 spiro atoms. The van der Waals surface area contributed by atoms with Crippen LogP contribution in [0, 0.1) is 0 Å². The largest absolute Gasteiger partial charge is 0.456 e. The average molecular weight is 594 g/mol. The van der Waals surface area contributed by atoms with Crippen molar-refractivity contribution in [2.24, 2.45) is 4.99 Å². The Balaban J connectivity index is 1.25. The second-order valence-corrected chi connectivity index (χ2v) is 11.6. The molecule has 5 nitrogen and oxygen atoms in total. The summed E-state index contributed by atoms with van der Waals surface area (Å²) in [6.45, 7) is 0. The van der Waals surface area contributed by atoms with Crippen molar-refractivity contribution in [1.29, 1.82) is 0 Å². The minimum Gasteiger partial charge on any atom is -0.456 e. The maximum atomic E-state index is 6.55. The summed E-state index contributed by atoms with van der Waals surface area (Å²) in [5.41, 5.74) is 10.6. The number of hydrogen-bond donors (Lipinski definition) is 1. The van der Waals surface area contributed by atoms with Gasteiger partial charge in [0.1, 0.15) is 23.2 Å². The molecular formula is C41H29N4O+. The van der Waals surface area contributed by atoms with Crippen LogP contribution in [0.15, 0.2) is 163 Å². The third-order valence-corrected chi connectivity index (χ3v) is 8.81. The van der Waals surface area contributed by atoms with Gasteiger partial charge in [0.25, 0.3) is 0 Å². The number of amidine groups is 1. The van der Waals surface area contributed by atoms with E-state index in [4.69, 9.17) is 14.7 Å². The van der Waals surface area contributed by atoms with Crippen LogP contribution in [-0.4, -0.2) is 15.4 Å². The number of para-hydroxylation sites is 2. The number of nitrogens with two attached hydrogens (primary N) is 1. The number of benzene rings is 5. The molecule has 0 amide bonds. The monoisotopic (exact) mass is 593 g/mol. The summed E-state index contributed by atoms with van der Waals surface area (Å²) in [6.07, 6.45) is 4.15. The molecule has 2 N–H and O–H groups in total. The number of aliphatic imine (C=N–C) groups is 1. The standard InChI is InChI=1S/C41H28N4O/c1-3-13-27(14-4-1)34-26-35(44-40(43-34)28-15-5-2-6-16-28)29-17-11-18-30(25-29)45-39-32-20-8-10-23-37(32)46-36-22-9-7-19-31(36)38(39)33-21-12-24-42-41(33)45/h1-26,35H,(H,43,44)/p+1. The van der Waals surface area contributed by atoms with E-state index in [1.165, 1.54) is 5.56 Å². The summed E-state index contributed by atoms with van der Waals surface area (Å²) < 4.78 is 8.85. The van der Waals surface area contributed by atoms with Crippen LogP contribution >= 0.6 is 0 Å². The van der Waals surface area contributed by atoms with Crippen LogP contribution in [0.25, 0.3) is 44.8 Å². The Kier molecular flexibility index (Phi) is 6.21. The van der Waals surface area contributed by atoms with E-state index in [1.807, 2.05) is 48.7 Å². The molecule has 9 rings (SSSR count). The number of rotatable bonds is 4. The second kappa shape index (κ2) is 10.8. The first-order valence-corrected chi connectivity index (χ1v) is 15.5. The highest BCUT2D eigenvalue weighted by molar-refractivity contribution is 6.07. The lowest BCUT2D eigenvalue weighted by Crippen LogP contribution is -2.89. The lowest BCUT2D eigenvalue weighted by atomic mass is 9.98. The second-order valence-electron chi connectivity index (χ2n) is 11.6. The molecule has 4 heterocycles. The summed E-state index contributed by atoms with van der Waals surface area (Å²) >= 11 is 0. The zero-order chi connectivity index (χ0) is 30.5. The number of quaternary nitrogens is 1. The Hall–Kier alpha value is -6.04. The van der Waals surface area contributed by atoms with Gasteiger partial charge >= 0.3 is 0 Å². The SMILES string of the molecule is C1=C(c2ccccc2)N=C(c2ccccc2)[NH2+]C1c1cccc(-n2c3c(c4cccnc42)-c2ccccc2Oc2ccccc2-3)c1. The number of hydrogen-bond acceptors (Lipinski definition) is 3. The van der Waals surface area contributed by atoms with Gasteiger partial charge < -0.3 is 4.74 Å². The third kappa shape index (κ3) is 4.37. The predicted molar refractivity (Wildman–Crippen MR) is 184 cm³/mol. The molecule has 0 aliphatic carbocycles. The van der Waals surface area contributed by atoms with Crippen molar-refractivity contribution in [2.45, 2.75) is 6.04 Å². The van der Waals surface area contributed by atoms with Crippen molar-refractivity contribution in [3.63, 3.8) is 0 Å². The lowest BCUT2D eigenvalue weighted by molar-refractivity contribution is -0.575. The molecular weight excluding hydrogens is 564 g/mol. The molecule has 218 valence electrons. The zero-order valence-electron chi connectivity index (χ0n) is 24.9. The molecule has 7 aromatic rings. The lowest BCUT2D eigenvalue weighted by Gasteiger charge is -2.21. The highest BCUT2D eigenvalue weighted by Crippen LogP contribution is 2.51. The van der Waals surface area contributed by atoms with E-state index >= 15 is 0 Å². The van der Waals surface area contributed by atoms with Crippen LogP contribution in [0.3, 0.4) is 0 Å². The first-order chi connectivity index (χ1) is 22.8. The Bertz CT molecular complexity index is 2320. The summed E-state index contributed by atoms with van der Waals surface area (Å²) in [6, 6.07) is 50.5. The van der Waals surface area contributed by atoms with E-state index in [-0.39, 0.29) is 6.04 Å². The molecule has 0 saturated carbocycles. The van der Waals surface area contributed by atoms with E-state index < -0.39 is 0 Å². The van der Waals surface area contributed by atoms with E-state index in [0.717, 1.165) is 73.3 Å². The molecule has 1 atom stereocenters.